The summed E-state index contributed by atoms with van der Waals surface area (Å²) in [6.45, 7) is -0.263. The highest BCUT2D eigenvalue weighted by molar-refractivity contribution is 9.10. The van der Waals surface area contributed by atoms with Crippen molar-refractivity contribution >= 4 is 15.9 Å². The average molecular weight is 291 g/mol. The van der Waals surface area contributed by atoms with Crippen molar-refractivity contribution in [2.24, 2.45) is 0 Å². The molecule has 0 aliphatic carbocycles. The molecule has 90 valence electrons. The van der Waals surface area contributed by atoms with E-state index < -0.39 is 6.10 Å². The minimum absolute atomic E-state index is 0.263. The van der Waals surface area contributed by atoms with Gasteiger partial charge in [-0.3, -0.25) is 0 Å². The number of aliphatic hydroxyl groups is 2. The smallest absolute Gasteiger partial charge is 0.161 e. The number of rotatable bonds is 5. The molecule has 16 heavy (non-hydrogen) atoms. The Bertz CT molecular complexity index is 354. The van der Waals surface area contributed by atoms with E-state index in [0.29, 0.717) is 17.9 Å². The van der Waals surface area contributed by atoms with Crippen molar-refractivity contribution in [3.63, 3.8) is 0 Å². The first-order chi connectivity index (χ1) is 7.62. The average Bonchev–Trinajstić information content (AvgIpc) is 2.30. The summed E-state index contributed by atoms with van der Waals surface area (Å²) in [5, 5.41) is 18.2. The fraction of sp³-hybridized carbons (Fsp3) is 0.455. The fourth-order valence-electron chi connectivity index (χ4n) is 1.37. The first-order valence-corrected chi connectivity index (χ1v) is 5.61. The van der Waals surface area contributed by atoms with Crippen molar-refractivity contribution in [1.29, 1.82) is 0 Å². The van der Waals surface area contributed by atoms with Gasteiger partial charge in [0.15, 0.2) is 11.5 Å². The number of ether oxygens (including phenoxy) is 2. The van der Waals surface area contributed by atoms with E-state index in [1.165, 1.54) is 0 Å². The molecule has 1 aromatic carbocycles. The third-order valence-corrected chi connectivity index (χ3v) is 2.96. The van der Waals surface area contributed by atoms with Crippen molar-refractivity contribution < 1.29 is 19.7 Å². The molecule has 0 saturated heterocycles. The molecule has 1 atom stereocenters. The molecule has 0 heterocycles. The number of benzene rings is 1. The lowest BCUT2D eigenvalue weighted by atomic mass is 10.1. The van der Waals surface area contributed by atoms with Gasteiger partial charge in [-0.15, -0.1) is 0 Å². The van der Waals surface area contributed by atoms with Gasteiger partial charge in [0, 0.05) is 10.9 Å². The lowest BCUT2D eigenvalue weighted by molar-refractivity contribution is 0.0953. The Labute approximate surface area is 103 Å². The Morgan fingerprint density at radius 3 is 2.31 bits per heavy atom. The molecular formula is C11H15BrO4. The molecule has 0 spiro atoms. The molecule has 0 bridgehead atoms. The minimum Gasteiger partial charge on any atom is -0.493 e. The van der Waals surface area contributed by atoms with Gasteiger partial charge >= 0.3 is 0 Å². The van der Waals surface area contributed by atoms with Gasteiger partial charge in [0.05, 0.1) is 26.9 Å². The topological polar surface area (TPSA) is 58.9 Å². The Balaban J connectivity index is 3.01. The van der Waals surface area contributed by atoms with Crippen LogP contribution in [0.1, 0.15) is 5.56 Å². The third-order valence-electron chi connectivity index (χ3n) is 2.22. The van der Waals surface area contributed by atoms with Crippen molar-refractivity contribution in [1.82, 2.24) is 0 Å². The predicted octanol–water partition coefficient (Wildman–Crippen LogP) is 1.36. The summed E-state index contributed by atoms with van der Waals surface area (Å²) in [4.78, 5) is 0. The molecule has 1 aromatic rings. The van der Waals surface area contributed by atoms with E-state index in [-0.39, 0.29) is 6.61 Å². The van der Waals surface area contributed by atoms with Gasteiger partial charge in [-0.2, -0.15) is 0 Å². The first-order valence-electron chi connectivity index (χ1n) is 4.81. The second-order valence-corrected chi connectivity index (χ2v) is 4.19. The molecule has 1 unspecified atom stereocenters. The maximum absolute atomic E-state index is 9.38. The van der Waals surface area contributed by atoms with Crippen LogP contribution in [-0.4, -0.2) is 37.1 Å². The van der Waals surface area contributed by atoms with E-state index in [1.54, 1.807) is 26.4 Å². The summed E-state index contributed by atoms with van der Waals surface area (Å²) in [7, 11) is 3.12. The van der Waals surface area contributed by atoms with Crippen LogP contribution in [0.4, 0.5) is 0 Å². The maximum Gasteiger partial charge on any atom is 0.161 e. The van der Waals surface area contributed by atoms with E-state index in [0.717, 1.165) is 10.0 Å². The number of hydrogen-bond acceptors (Lipinski definition) is 4. The Hall–Kier alpha value is -0.780. The van der Waals surface area contributed by atoms with Gasteiger partial charge in [0.25, 0.3) is 0 Å². The van der Waals surface area contributed by atoms with Crippen LogP contribution < -0.4 is 9.47 Å². The molecule has 0 aliphatic rings. The Morgan fingerprint density at radius 1 is 1.25 bits per heavy atom. The molecule has 4 nitrogen and oxygen atoms in total. The lowest BCUT2D eigenvalue weighted by Gasteiger charge is -2.13. The van der Waals surface area contributed by atoms with E-state index in [4.69, 9.17) is 14.6 Å². The zero-order valence-corrected chi connectivity index (χ0v) is 10.8. The van der Waals surface area contributed by atoms with Crippen LogP contribution in [0.15, 0.2) is 16.6 Å². The summed E-state index contributed by atoms with van der Waals surface area (Å²) in [5.74, 6) is 1.22. The van der Waals surface area contributed by atoms with Crippen LogP contribution in [0.2, 0.25) is 0 Å². The van der Waals surface area contributed by atoms with Gasteiger partial charge in [0.1, 0.15) is 0 Å². The van der Waals surface area contributed by atoms with Crippen molar-refractivity contribution in [2.45, 2.75) is 12.5 Å². The van der Waals surface area contributed by atoms with Crippen molar-refractivity contribution in [3.8, 4) is 11.5 Å². The predicted molar refractivity (Wildman–Crippen MR) is 64.0 cm³/mol. The molecule has 0 aromatic heterocycles. The lowest BCUT2D eigenvalue weighted by Crippen LogP contribution is -2.15. The zero-order chi connectivity index (χ0) is 12.1. The first kappa shape index (κ1) is 13.3. The van der Waals surface area contributed by atoms with Gasteiger partial charge in [-0.1, -0.05) is 15.9 Å². The normalized spacial score (nSPS) is 12.3. The van der Waals surface area contributed by atoms with Crippen molar-refractivity contribution in [3.05, 3.63) is 22.2 Å². The summed E-state index contributed by atoms with van der Waals surface area (Å²) < 4.78 is 11.1. The van der Waals surface area contributed by atoms with Gasteiger partial charge in [-0.05, 0) is 17.7 Å². The van der Waals surface area contributed by atoms with Crippen LogP contribution in [0.3, 0.4) is 0 Å². The molecule has 1 rings (SSSR count). The second kappa shape index (κ2) is 6.08. The molecule has 5 heteroatoms. The molecule has 2 N–H and O–H groups in total. The SMILES string of the molecule is COc1cc(Br)c(CC(O)CO)cc1OC. The van der Waals surface area contributed by atoms with Crippen molar-refractivity contribution in [2.75, 3.05) is 20.8 Å². The van der Waals surface area contributed by atoms with E-state index in [2.05, 4.69) is 15.9 Å². The fourth-order valence-corrected chi connectivity index (χ4v) is 1.86. The summed E-state index contributed by atoms with van der Waals surface area (Å²) >= 11 is 3.38. The van der Waals surface area contributed by atoms with E-state index in [1.807, 2.05) is 0 Å². The van der Waals surface area contributed by atoms with Crippen LogP contribution in [0.5, 0.6) is 11.5 Å². The molecule has 0 saturated carbocycles. The molecular weight excluding hydrogens is 276 g/mol. The summed E-state index contributed by atoms with van der Waals surface area (Å²) in [6, 6.07) is 3.56. The third kappa shape index (κ3) is 3.10. The summed E-state index contributed by atoms with van der Waals surface area (Å²) in [5.41, 5.74) is 0.860. The number of methoxy groups -OCH3 is 2. The summed E-state index contributed by atoms with van der Waals surface area (Å²) in [6.07, 6.45) is -0.411. The highest BCUT2D eigenvalue weighted by Gasteiger charge is 2.12. The monoisotopic (exact) mass is 290 g/mol. The second-order valence-electron chi connectivity index (χ2n) is 3.34. The Kier molecular flexibility index (Phi) is 5.05. The number of aliphatic hydroxyl groups excluding tert-OH is 2. The largest absolute Gasteiger partial charge is 0.493 e. The molecule has 0 fully saturated rings. The quantitative estimate of drug-likeness (QED) is 0.860. The highest BCUT2D eigenvalue weighted by atomic mass is 79.9. The molecule has 0 radical (unpaired) electrons. The maximum atomic E-state index is 9.38. The highest BCUT2D eigenvalue weighted by Crippen LogP contribution is 2.33. The Morgan fingerprint density at radius 2 is 1.81 bits per heavy atom. The van der Waals surface area contributed by atoms with Crippen LogP contribution in [0.25, 0.3) is 0 Å². The van der Waals surface area contributed by atoms with Crippen LogP contribution >= 0.6 is 15.9 Å². The van der Waals surface area contributed by atoms with Gasteiger partial charge in [0.2, 0.25) is 0 Å². The number of hydrogen-bond donors (Lipinski definition) is 2. The molecule has 0 amide bonds. The standard InChI is InChI=1S/C11H15BrO4/c1-15-10-4-7(3-8(14)6-13)9(12)5-11(10)16-2/h4-5,8,13-14H,3,6H2,1-2H3. The van der Waals surface area contributed by atoms with Crippen LogP contribution in [0, 0.1) is 0 Å². The minimum atomic E-state index is -0.769. The van der Waals surface area contributed by atoms with Crippen LogP contribution in [-0.2, 0) is 6.42 Å². The number of halogens is 1. The molecule has 0 aliphatic heterocycles. The van der Waals surface area contributed by atoms with Gasteiger partial charge < -0.3 is 19.7 Å². The van der Waals surface area contributed by atoms with E-state index in [9.17, 15) is 5.11 Å². The zero-order valence-electron chi connectivity index (χ0n) is 9.24. The van der Waals surface area contributed by atoms with Gasteiger partial charge in [-0.25, -0.2) is 0 Å². The van der Waals surface area contributed by atoms with E-state index >= 15 is 0 Å².